The number of aliphatic hydroxyl groups excluding tert-OH is 1. The highest BCUT2D eigenvalue weighted by atomic mass is 16.3. The molecule has 6 nitrogen and oxygen atoms in total. The summed E-state index contributed by atoms with van der Waals surface area (Å²) >= 11 is 0. The Labute approximate surface area is 112 Å². The highest BCUT2D eigenvalue weighted by Crippen LogP contribution is 2.39. The Hall–Kier alpha value is -1.63. The quantitative estimate of drug-likeness (QED) is 0.547. The number of rotatable bonds is 5. The number of nitrogens with one attached hydrogen (secondary N) is 3. The molecule has 0 saturated heterocycles. The molecule has 0 aromatic heterocycles. The van der Waals surface area contributed by atoms with Gasteiger partial charge in [-0.15, -0.1) is 0 Å². The van der Waals surface area contributed by atoms with Gasteiger partial charge in [-0.1, -0.05) is 0 Å². The highest BCUT2D eigenvalue weighted by molar-refractivity contribution is 6.07. The van der Waals surface area contributed by atoms with Gasteiger partial charge in [-0.3, -0.25) is 15.4 Å². The summed E-state index contributed by atoms with van der Waals surface area (Å²) in [7, 11) is 5.32. The number of amides is 1. The van der Waals surface area contributed by atoms with Crippen LogP contribution in [0.25, 0.3) is 0 Å². The molecule has 0 fully saturated rings. The van der Waals surface area contributed by atoms with E-state index in [0.29, 0.717) is 0 Å². The molecule has 1 aliphatic rings. The van der Waals surface area contributed by atoms with Gasteiger partial charge in [-0.2, -0.15) is 0 Å². The van der Waals surface area contributed by atoms with E-state index < -0.39 is 5.66 Å². The van der Waals surface area contributed by atoms with Crippen molar-refractivity contribution in [2.75, 3.05) is 44.5 Å². The van der Waals surface area contributed by atoms with Crippen molar-refractivity contribution in [3.8, 4) is 0 Å². The zero-order valence-corrected chi connectivity index (χ0v) is 11.4. The van der Waals surface area contributed by atoms with Crippen molar-refractivity contribution in [2.24, 2.45) is 0 Å². The third-order valence-corrected chi connectivity index (χ3v) is 3.62. The van der Waals surface area contributed by atoms with Crippen molar-refractivity contribution < 1.29 is 9.90 Å². The normalized spacial score (nSPS) is 16.6. The van der Waals surface area contributed by atoms with Crippen LogP contribution >= 0.6 is 0 Å². The van der Waals surface area contributed by atoms with Gasteiger partial charge < -0.3 is 15.3 Å². The molecule has 1 heterocycles. The number of hydrogen-bond donors (Lipinski definition) is 4. The second kappa shape index (κ2) is 5.16. The van der Waals surface area contributed by atoms with Crippen molar-refractivity contribution >= 4 is 17.3 Å². The molecule has 1 amide bonds. The summed E-state index contributed by atoms with van der Waals surface area (Å²) < 4.78 is 0. The zero-order chi connectivity index (χ0) is 14.0. The number of carbonyl (C=O) groups is 1. The molecule has 0 atom stereocenters. The lowest BCUT2D eigenvalue weighted by atomic mass is 10.0. The standard InChI is InChI=1S/C13H20N4O2/c1-14-9-4-5-11-10(8-9)13(15-2,16-3)12(19)17(11)6-7-18/h4-5,8,14-16,18H,6-7H2,1-3H3. The van der Waals surface area contributed by atoms with Gasteiger partial charge in [0.15, 0.2) is 5.66 Å². The fourth-order valence-corrected chi connectivity index (χ4v) is 2.58. The summed E-state index contributed by atoms with van der Waals surface area (Å²) in [5.41, 5.74) is 1.69. The van der Waals surface area contributed by atoms with Crippen LogP contribution in [0.15, 0.2) is 18.2 Å². The molecule has 6 heteroatoms. The van der Waals surface area contributed by atoms with Crippen molar-refractivity contribution in [2.45, 2.75) is 5.66 Å². The summed E-state index contributed by atoms with van der Waals surface area (Å²) in [6.45, 7) is 0.221. The smallest absolute Gasteiger partial charge is 0.267 e. The second-order valence-electron chi connectivity index (χ2n) is 4.41. The van der Waals surface area contributed by atoms with Crippen LogP contribution in [0.2, 0.25) is 0 Å². The maximum absolute atomic E-state index is 12.6. The highest BCUT2D eigenvalue weighted by Gasteiger charge is 2.49. The Kier molecular flexibility index (Phi) is 3.75. The molecule has 1 aliphatic heterocycles. The van der Waals surface area contributed by atoms with E-state index in [1.54, 1.807) is 19.0 Å². The predicted molar refractivity (Wildman–Crippen MR) is 75.2 cm³/mol. The van der Waals surface area contributed by atoms with Crippen LogP contribution in [0.5, 0.6) is 0 Å². The number of fused-ring (bicyclic) bond motifs is 1. The van der Waals surface area contributed by atoms with Gasteiger partial charge in [0.1, 0.15) is 0 Å². The van der Waals surface area contributed by atoms with E-state index in [1.165, 1.54) is 0 Å². The van der Waals surface area contributed by atoms with E-state index >= 15 is 0 Å². The number of likely N-dealkylation sites (N-methyl/N-ethyl adjacent to an activating group) is 2. The summed E-state index contributed by atoms with van der Waals surface area (Å²) in [5, 5.41) is 18.3. The molecule has 0 radical (unpaired) electrons. The van der Waals surface area contributed by atoms with Gasteiger partial charge in [0.05, 0.1) is 12.3 Å². The number of nitrogens with zero attached hydrogens (tertiary/aromatic N) is 1. The zero-order valence-electron chi connectivity index (χ0n) is 11.4. The van der Waals surface area contributed by atoms with Crippen molar-refractivity contribution in [1.29, 1.82) is 0 Å². The molecule has 1 aromatic rings. The van der Waals surface area contributed by atoms with Gasteiger partial charge in [0.25, 0.3) is 5.91 Å². The van der Waals surface area contributed by atoms with Crippen LogP contribution in [0.4, 0.5) is 11.4 Å². The number of aliphatic hydroxyl groups is 1. The Morgan fingerprint density at radius 1 is 1.26 bits per heavy atom. The average molecular weight is 264 g/mol. The molecular formula is C13H20N4O2. The molecule has 0 saturated carbocycles. The first kappa shape index (κ1) is 13.8. The molecule has 0 bridgehead atoms. The van der Waals surface area contributed by atoms with Crippen LogP contribution in [-0.4, -0.2) is 45.3 Å². The molecule has 19 heavy (non-hydrogen) atoms. The van der Waals surface area contributed by atoms with Crippen molar-refractivity contribution in [1.82, 2.24) is 10.6 Å². The van der Waals surface area contributed by atoms with Gasteiger partial charge >= 0.3 is 0 Å². The van der Waals surface area contributed by atoms with E-state index in [0.717, 1.165) is 16.9 Å². The van der Waals surface area contributed by atoms with Crippen molar-refractivity contribution in [3.63, 3.8) is 0 Å². The lowest BCUT2D eigenvalue weighted by Crippen LogP contribution is -2.58. The molecule has 1 aromatic carbocycles. The number of carbonyl (C=O) groups excluding carboxylic acids is 1. The Morgan fingerprint density at radius 3 is 2.47 bits per heavy atom. The molecule has 0 aliphatic carbocycles. The third-order valence-electron chi connectivity index (χ3n) is 3.62. The molecule has 0 unspecified atom stereocenters. The number of hydrogen-bond acceptors (Lipinski definition) is 5. The van der Waals surface area contributed by atoms with Gasteiger partial charge in [-0.05, 0) is 32.3 Å². The van der Waals surface area contributed by atoms with Gasteiger partial charge in [-0.25, -0.2) is 0 Å². The largest absolute Gasteiger partial charge is 0.395 e. The second-order valence-corrected chi connectivity index (χ2v) is 4.41. The van der Waals surface area contributed by atoms with Crippen LogP contribution in [0, 0.1) is 0 Å². The van der Waals surface area contributed by atoms with E-state index in [-0.39, 0.29) is 19.1 Å². The van der Waals surface area contributed by atoms with Crippen molar-refractivity contribution in [3.05, 3.63) is 23.8 Å². The number of benzene rings is 1. The van der Waals surface area contributed by atoms with Gasteiger partial charge in [0.2, 0.25) is 0 Å². The van der Waals surface area contributed by atoms with Crippen LogP contribution in [0.3, 0.4) is 0 Å². The summed E-state index contributed by atoms with van der Waals surface area (Å²) in [6, 6.07) is 5.75. The summed E-state index contributed by atoms with van der Waals surface area (Å²) in [4.78, 5) is 14.2. The fraction of sp³-hybridized carbons (Fsp3) is 0.462. The maximum Gasteiger partial charge on any atom is 0.267 e. The number of β-amino-alcohol motifs (C(OH)–C–C–N with tert-alkyl or cyclic N) is 1. The first-order valence-electron chi connectivity index (χ1n) is 6.27. The Balaban J connectivity index is 2.59. The minimum absolute atomic E-state index is 0.0670. The number of anilines is 2. The molecule has 4 N–H and O–H groups in total. The lowest BCUT2D eigenvalue weighted by Gasteiger charge is -2.27. The van der Waals surface area contributed by atoms with E-state index in [2.05, 4.69) is 16.0 Å². The average Bonchev–Trinajstić information content (AvgIpc) is 2.68. The topological polar surface area (TPSA) is 76.6 Å². The van der Waals surface area contributed by atoms with E-state index in [1.807, 2.05) is 25.2 Å². The summed E-state index contributed by atoms with van der Waals surface area (Å²) in [5.74, 6) is -0.102. The minimum atomic E-state index is -0.933. The maximum atomic E-state index is 12.6. The third kappa shape index (κ3) is 1.88. The molecule has 2 rings (SSSR count). The predicted octanol–water partition coefficient (Wildman–Crippen LogP) is -0.341. The SMILES string of the molecule is CNc1ccc2c(c1)C(NC)(NC)C(=O)N2CCO. The molecule has 0 spiro atoms. The fourth-order valence-electron chi connectivity index (χ4n) is 2.58. The summed E-state index contributed by atoms with van der Waals surface area (Å²) in [6.07, 6.45) is 0. The van der Waals surface area contributed by atoms with E-state index in [4.69, 9.17) is 5.11 Å². The van der Waals surface area contributed by atoms with E-state index in [9.17, 15) is 4.79 Å². The monoisotopic (exact) mass is 264 g/mol. The van der Waals surface area contributed by atoms with Crippen LogP contribution in [-0.2, 0) is 10.5 Å². The Morgan fingerprint density at radius 2 is 1.95 bits per heavy atom. The lowest BCUT2D eigenvalue weighted by molar-refractivity contribution is -0.125. The Bertz CT molecular complexity index is 486. The van der Waals surface area contributed by atoms with Crippen LogP contribution < -0.4 is 20.9 Å². The van der Waals surface area contributed by atoms with Crippen LogP contribution in [0.1, 0.15) is 5.56 Å². The minimum Gasteiger partial charge on any atom is -0.395 e. The first-order valence-corrected chi connectivity index (χ1v) is 6.27. The first-order chi connectivity index (χ1) is 9.14. The van der Waals surface area contributed by atoms with Gasteiger partial charge in [0, 0.05) is 24.8 Å². The molecular weight excluding hydrogens is 244 g/mol. The molecule has 104 valence electrons.